The Labute approximate surface area is 45.1 Å². The minimum Gasteiger partial charge on any atom is -0.114 e. The molecule has 0 aliphatic heterocycles. The van der Waals surface area contributed by atoms with Gasteiger partial charge in [-0.15, -0.1) is 11.6 Å². The molecule has 0 saturated heterocycles. The van der Waals surface area contributed by atoms with Crippen LogP contribution in [0.15, 0.2) is 0 Å². The maximum atomic E-state index is 5.24. The van der Waals surface area contributed by atoms with Crippen LogP contribution in [0.4, 0.5) is 0 Å². The van der Waals surface area contributed by atoms with Crippen LogP contribution in [0.2, 0.25) is 0 Å². The van der Waals surface area contributed by atoms with Crippen molar-refractivity contribution in [3.63, 3.8) is 0 Å². The Morgan fingerprint density at radius 2 is 2.40 bits per heavy atom. The number of halogens is 1. The highest BCUT2D eigenvalue weighted by molar-refractivity contribution is 8.76. The molecule has 0 N–H and O–H groups in total. The predicted molar refractivity (Wildman–Crippen MR) is 31.8 cm³/mol. The SMILES string of the molecule is CSSCCl. The molecule has 0 aliphatic carbocycles. The van der Waals surface area contributed by atoms with E-state index in [-0.39, 0.29) is 0 Å². The summed E-state index contributed by atoms with van der Waals surface area (Å²) < 4.78 is 0. The van der Waals surface area contributed by atoms with Crippen LogP contribution < -0.4 is 0 Å². The molecule has 5 heavy (non-hydrogen) atoms. The maximum absolute atomic E-state index is 5.24. The lowest BCUT2D eigenvalue weighted by molar-refractivity contribution is 2.27. The lowest BCUT2D eigenvalue weighted by atomic mass is 11.9. The van der Waals surface area contributed by atoms with Crippen LogP contribution in [-0.4, -0.2) is 11.5 Å². The molecule has 0 nitrogen and oxygen atoms in total. The van der Waals surface area contributed by atoms with Crippen LogP contribution in [0.3, 0.4) is 0 Å². The topological polar surface area (TPSA) is 0 Å². The van der Waals surface area contributed by atoms with Gasteiger partial charge in [0, 0.05) is 0 Å². The molecular weight excluding hydrogens is 124 g/mol. The summed E-state index contributed by atoms with van der Waals surface area (Å²) in [6.07, 6.45) is 2.01. The quantitative estimate of drug-likeness (QED) is 0.413. The van der Waals surface area contributed by atoms with E-state index in [0.717, 1.165) is 0 Å². The number of hydrogen-bond donors (Lipinski definition) is 0. The minimum atomic E-state index is 0.696. The molecular formula is C2H5ClS2. The van der Waals surface area contributed by atoms with Gasteiger partial charge in [0.2, 0.25) is 0 Å². The number of rotatable bonds is 2. The normalized spacial score (nSPS) is 8.40. The van der Waals surface area contributed by atoms with Gasteiger partial charge in [0.05, 0.1) is 5.21 Å². The summed E-state index contributed by atoms with van der Waals surface area (Å²) in [7, 11) is 3.33. The highest BCUT2D eigenvalue weighted by atomic mass is 35.5. The zero-order valence-corrected chi connectivity index (χ0v) is 5.29. The number of hydrogen-bond acceptors (Lipinski definition) is 2. The summed E-state index contributed by atoms with van der Waals surface area (Å²) in [6.45, 7) is 0. The van der Waals surface area contributed by atoms with Crippen molar-refractivity contribution in [2.24, 2.45) is 0 Å². The molecule has 0 fully saturated rings. The average Bonchev–Trinajstić information content (AvgIpc) is 1.41. The smallest absolute Gasteiger partial charge is 0.0783 e. The third-order valence-electron chi connectivity index (χ3n) is 0.162. The highest BCUT2D eigenvalue weighted by Gasteiger charge is 1.70. The lowest BCUT2D eigenvalue weighted by Crippen LogP contribution is -1.44. The highest BCUT2D eigenvalue weighted by Crippen LogP contribution is 2.16. The maximum Gasteiger partial charge on any atom is 0.0783 e. The standard InChI is InChI=1S/C2H5ClS2/c1-4-5-2-3/h2H2,1H3. The largest absolute Gasteiger partial charge is 0.114 e. The molecule has 0 unspecified atom stereocenters. The third-order valence-corrected chi connectivity index (χ3v) is 2.26. The van der Waals surface area contributed by atoms with Crippen molar-refractivity contribution in [3.8, 4) is 0 Å². The van der Waals surface area contributed by atoms with Crippen LogP contribution >= 0.6 is 33.2 Å². The van der Waals surface area contributed by atoms with E-state index < -0.39 is 0 Å². The van der Waals surface area contributed by atoms with E-state index in [2.05, 4.69) is 0 Å². The van der Waals surface area contributed by atoms with Gasteiger partial charge in [0.1, 0.15) is 0 Å². The molecule has 0 spiro atoms. The first-order valence-corrected chi connectivity index (χ1v) is 4.39. The minimum absolute atomic E-state index is 0.696. The van der Waals surface area contributed by atoms with E-state index in [0.29, 0.717) is 5.21 Å². The average molecular weight is 129 g/mol. The van der Waals surface area contributed by atoms with Gasteiger partial charge in [-0.05, 0) is 6.26 Å². The summed E-state index contributed by atoms with van der Waals surface area (Å²) >= 11 is 5.24. The van der Waals surface area contributed by atoms with Crippen LogP contribution in [0.25, 0.3) is 0 Å². The van der Waals surface area contributed by atoms with Gasteiger partial charge in [-0.3, -0.25) is 0 Å². The van der Waals surface area contributed by atoms with Crippen molar-refractivity contribution in [1.29, 1.82) is 0 Å². The first-order chi connectivity index (χ1) is 2.41. The first-order valence-electron chi connectivity index (χ1n) is 1.13. The van der Waals surface area contributed by atoms with E-state index in [1.807, 2.05) is 6.26 Å². The fraction of sp³-hybridized carbons (Fsp3) is 1.00. The molecule has 0 aliphatic rings. The van der Waals surface area contributed by atoms with Crippen LogP contribution in [-0.2, 0) is 0 Å². The van der Waals surface area contributed by atoms with E-state index in [4.69, 9.17) is 11.6 Å². The van der Waals surface area contributed by atoms with Crippen molar-refractivity contribution in [3.05, 3.63) is 0 Å². The molecule has 0 aromatic carbocycles. The van der Waals surface area contributed by atoms with Crippen molar-refractivity contribution in [2.75, 3.05) is 11.5 Å². The molecule has 0 amide bonds. The fourth-order valence-corrected chi connectivity index (χ4v) is 1.20. The van der Waals surface area contributed by atoms with E-state index in [1.165, 1.54) is 0 Å². The summed E-state index contributed by atoms with van der Waals surface area (Å²) in [5.74, 6) is 0. The summed E-state index contributed by atoms with van der Waals surface area (Å²) in [4.78, 5) is 0. The molecule has 0 aromatic rings. The molecule has 0 bridgehead atoms. The van der Waals surface area contributed by atoms with E-state index in [1.54, 1.807) is 21.6 Å². The second-order valence-electron chi connectivity index (χ2n) is 0.394. The first kappa shape index (κ1) is 5.99. The molecule has 0 heterocycles. The Kier molecular flexibility index (Phi) is 5.98. The van der Waals surface area contributed by atoms with Gasteiger partial charge in [0.15, 0.2) is 0 Å². The summed E-state index contributed by atoms with van der Waals surface area (Å²) in [5, 5.41) is 0.696. The second-order valence-corrected chi connectivity index (χ2v) is 3.54. The van der Waals surface area contributed by atoms with E-state index >= 15 is 0 Å². The number of alkyl halides is 1. The van der Waals surface area contributed by atoms with Crippen molar-refractivity contribution >= 4 is 33.2 Å². The molecule has 3 heteroatoms. The zero-order chi connectivity index (χ0) is 4.12. The van der Waals surface area contributed by atoms with Crippen molar-refractivity contribution < 1.29 is 0 Å². The van der Waals surface area contributed by atoms with Crippen molar-refractivity contribution in [1.82, 2.24) is 0 Å². The van der Waals surface area contributed by atoms with Gasteiger partial charge in [-0.1, -0.05) is 21.6 Å². The molecule has 0 aromatic heterocycles. The van der Waals surface area contributed by atoms with Gasteiger partial charge in [-0.2, -0.15) is 0 Å². The Hall–Kier alpha value is 0.990. The Bertz CT molecular complexity index is 15.1. The van der Waals surface area contributed by atoms with Gasteiger partial charge in [0.25, 0.3) is 0 Å². The van der Waals surface area contributed by atoms with Gasteiger partial charge in [-0.25, -0.2) is 0 Å². The van der Waals surface area contributed by atoms with Gasteiger partial charge < -0.3 is 0 Å². The fourth-order valence-electron chi connectivity index (χ4n) is 0.0445. The molecule has 0 atom stereocenters. The van der Waals surface area contributed by atoms with E-state index in [9.17, 15) is 0 Å². The zero-order valence-electron chi connectivity index (χ0n) is 2.90. The summed E-state index contributed by atoms with van der Waals surface area (Å²) in [6, 6.07) is 0. The Balaban J connectivity index is 2.19. The molecule has 32 valence electrons. The predicted octanol–water partition coefficient (Wildman–Crippen LogP) is 2.19. The van der Waals surface area contributed by atoms with Crippen LogP contribution in [0.5, 0.6) is 0 Å². The lowest BCUT2D eigenvalue weighted by Gasteiger charge is -1.77. The van der Waals surface area contributed by atoms with Crippen LogP contribution in [0.1, 0.15) is 0 Å². The summed E-state index contributed by atoms with van der Waals surface area (Å²) in [5.41, 5.74) is 0. The third kappa shape index (κ3) is 4.99. The van der Waals surface area contributed by atoms with Crippen LogP contribution in [0, 0.1) is 0 Å². The van der Waals surface area contributed by atoms with Gasteiger partial charge >= 0.3 is 0 Å². The molecule has 0 rings (SSSR count). The Morgan fingerprint density at radius 3 is 2.40 bits per heavy atom. The second kappa shape index (κ2) is 4.99. The molecule has 0 saturated carbocycles. The molecule has 0 radical (unpaired) electrons. The van der Waals surface area contributed by atoms with Crippen molar-refractivity contribution in [2.45, 2.75) is 0 Å². The Morgan fingerprint density at radius 1 is 1.80 bits per heavy atom. The monoisotopic (exact) mass is 128 g/mol.